The van der Waals surface area contributed by atoms with E-state index in [1.54, 1.807) is 11.8 Å². The Balaban J connectivity index is 1.83. The van der Waals surface area contributed by atoms with Crippen LogP contribution in [0.15, 0.2) is 17.5 Å². The summed E-state index contributed by atoms with van der Waals surface area (Å²) in [6.45, 7) is 4.09. The molecule has 0 aliphatic carbocycles. The van der Waals surface area contributed by atoms with E-state index in [1.807, 2.05) is 26.2 Å². The molecule has 1 aliphatic heterocycles. The Morgan fingerprint density at radius 2 is 2.50 bits per heavy atom. The summed E-state index contributed by atoms with van der Waals surface area (Å²) < 4.78 is 0. The van der Waals surface area contributed by atoms with Gasteiger partial charge in [-0.05, 0) is 13.8 Å². The number of H-pyrrole nitrogens is 1. The fraction of sp³-hybridized carbons (Fsp3) is 0.556. The lowest BCUT2D eigenvalue weighted by atomic mass is 10.1. The first-order valence-corrected chi connectivity index (χ1v) is 5.50. The number of hydrogen-bond donors (Lipinski definition) is 1. The number of thioether (sulfide) groups is 1. The molecule has 0 fully saturated rings. The van der Waals surface area contributed by atoms with Crippen molar-refractivity contribution in [2.24, 2.45) is 5.16 Å². The van der Waals surface area contributed by atoms with E-state index in [0.29, 0.717) is 0 Å². The van der Waals surface area contributed by atoms with Crippen LogP contribution in [0.3, 0.4) is 0 Å². The highest BCUT2D eigenvalue weighted by Gasteiger charge is 2.28. The number of hydrogen-bond acceptors (Lipinski definition) is 4. The maximum atomic E-state index is 5.27. The van der Waals surface area contributed by atoms with Gasteiger partial charge in [-0.3, -0.25) is 5.10 Å². The van der Waals surface area contributed by atoms with Crippen LogP contribution < -0.4 is 0 Å². The van der Waals surface area contributed by atoms with Gasteiger partial charge in [0, 0.05) is 23.9 Å². The summed E-state index contributed by atoms with van der Waals surface area (Å²) >= 11 is 1.71. The van der Waals surface area contributed by atoms with E-state index in [-0.39, 0.29) is 5.60 Å². The van der Waals surface area contributed by atoms with Crippen LogP contribution >= 0.6 is 11.8 Å². The zero-order valence-electron chi connectivity index (χ0n) is 8.28. The summed E-state index contributed by atoms with van der Waals surface area (Å²) in [4.78, 5) is 5.27. The SMILES string of the molecule is CC1(C)CC(SCc2cn[nH]c2)=NO1. The smallest absolute Gasteiger partial charge is 0.138 e. The molecule has 2 rings (SSSR count). The molecule has 14 heavy (non-hydrogen) atoms. The fourth-order valence-electron chi connectivity index (χ4n) is 1.20. The minimum Gasteiger partial charge on any atom is -0.389 e. The Bertz CT molecular complexity index is 332. The summed E-state index contributed by atoms with van der Waals surface area (Å²) in [5.74, 6) is 0.898. The van der Waals surface area contributed by atoms with Crippen molar-refractivity contribution < 1.29 is 4.84 Å². The molecule has 0 aromatic carbocycles. The number of aromatic nitrogens is 2. The zero-order valence-corrected chi connectivity index (χ0v) is 9.10. The van der Waals surface area contributed by atoms with Gasteiger partial charge in [0.05, 0.1) is 6.20 Å². The Labute approximate surface area is 87.1 Å². The van der Waals surface area contributed by atoms with Gasteiger partial charge >= 0.3 is 0 Å². The molecule has 4 nitrogen and oxygen atoms in total. The molecule has 0 amide bonds. The second kappa shape index (κ2) is 3.65. The van der Waals surface area contributed by atoms with E-state index in [0.717, 1.165) is 17.2 Å². The largest absolute Gasteiger partial charge is 0.389 e. The van der Waals surface area contributed by atoms with E-state index >= 15 is 0 Å². The fourth-order valence-corrected chi connectivity index (χ4v) is 2.23. The normalized spacial score (nSPS) is 19.1. The number of rotatable bonds is 2. The summed E-state index contributed by atoms with van der Waals surface area (Å²) in [5, 5.41) is 11.8. The summed E-state index contributed by atoms with van der Waals surface area (Å²) in [6.07, 6.45) is 4.62. The maximum absolute atomic E-state index is 5.27. The predicted molar refractivity (Wildman–Crippen MR) is 57.1 cm³/mol. The molecule has 0 bridgehead atoms. The van der Waals surface area contributed by atoms with E-state index in [4.69, 9.17) is 4.84 Å². The molecule has 0 unspecified atom stereocenters. The molecular formula is C9H13N3OS. The standard InChI is InChI=1S/C9H13N3OS/c1-9(2)3-8(12-13-9)14-6-7-4-10-11-5-7/h4-5H,3,6H2,1-2H3,(H,10,11). The average molecular weight is 211 g/mol. The molecule has 1 aromatic heterocycles. The van der Waals surface area contributed by atoms with Crippen molar-refractivity contribution in [1.29, 1.82) is 0 Å². The number of nitrogens with one attached hydrogen (secondary N) is 1. The van der Waals surface area contributed by atoms with Crippen molar-refractivity contribution in [2.45, 2.75) is 31.6 Å². The highest BCUT2D eigenvalue weighted by Crippen LogP contribution is 2.28. The Kier molecular flexibility index (Phi) is 2.50. The minimum absolute atomic E-state index is 0.126. The lowest BCUT2D eigenvalue weighted by molar-refractivity contribution is 0.0123. The number of oxime groups is 1. The van der Waals surface area contributed by atoms with E-state index in [2.05, 4.69) is 15.4 Å². The van der Waals surface area contributed by atoms with Gasteiger partial charge in [-0.25, -0.2) is 0 Å². The number of nitrogens with zero attached hydrogens (tertiary/aromatic N) is 2. The van der Waals surface area contributed by atoms with Gasteiger partial charge in [-0.2, -0.15) is 5.10 Å². The van der Waals surface area contributed by atoms with Crippen LogP contribution in [0.4, 0.5) is 0 Å². The highest BCUT2D eigenvalue weighted by molar-refractivity contribution is 8.13. The first-order chi connectivity index (χ1) is 6.66. The van der Waals surface area contributed by atoms with Gasteiger partial charge in [0.15, 0.2) is 0 Å². The van der Waals surface area contributed by atoms with Crippen molar-refractivity contribution in [3.63, 3.8) is 0 Å². The second-order valence-electron chi connectivity index (χ2n) is 3.91. The van der Waals surface area contributed by atoms with Gasteiger partial charge in [0.2, 0.25) is 0 Å². The monoisotopic (exact) mass is 211 g/mol. The van der Waals surface area contributed by atoms with Gasteiger partial charge in [-0.15, -0.1) is 11.8 Å². The van der Waals surface area contributed by atoms with Gasteiger partial charge in [0.1, 0.15) is 10.6 Å². The zero-order chi connectivity index (χ0) is 10.0. The highest BCUT2D eigenvalue weighted by atomic mass is 32.2. The topological polar surface area (TPSA) is 50.3 Å². The lowest BCUT2D eigenvalue weighted by Crippen LogP contribution is -2.18. The molecule has 1 aromatic rings. The van der Waals surface area contributed by atoms with Gasteiger partial charge in [-0.1, -0.05) is 5.16 Å². The van der Waals surface area contributed by atoms with Crippen LogP contribution in [-0.4, -0.2) is 20.8 Å². The van der Waals surface area contributed by atoms with Crippen LogP contribution in [0.2, 0.25) is 0 Å². The Hall–Kier alpha value is -0.970. The van der Waals surface area contributed by atoms with E-state index in [1.165, 1.54) is 5.56 Å². The molecule has 0 spiro atoms. The molecule has 0 atom stereocenters. The minimum atomic E-state index is -0.126. The third-order valence-corrected chi connectivity index (χ3v) is 2.96. The molecule has 0 saturated carbocycles. The van der Waals surface area contributed by atoms with E-state index in [9.17, 15) is 0 Å². The lowest BCUT2D eigenvalue weighted by Gasteiger charge is -2.12. The number of aromatic amines is 1. The molecule has 0 saturated heterocycles. The van der Waals surface area contributed by atoms with Crippen LogP contribution in [-0.2, 0) is 10.6 Å². The van der Waals surface area contributed by atoms with Crippen molar-refractivity contribution in [1.82, 2.24) is 10.2 Å². The van der Waals surface area contributed by atoms with Crippen molar-refractivity contribution in [3.05, 3.63) is 18.0 Å². The maximum Gasteiger partial charge on any atom is 0.138 e. The third kappa shape index (κ3) is 2.29. The molecule has 0 radical (unpaired) electrons. The average Bonchev–Trinajstić information content (AvgIpc) is 2.70. The van der Waals surface area contributed by atoms with Crippen LogP contribution in [0, 0.1) is 0 Å². The second-order valence-corrected chi connectivity index (χ2v) is 4.96. The van der Waals surface area contributed by atoms with Crippen molar-refractivity contribution in [3.8, 4) is 0 Å². The molecule has 5 heteroatoms. The molecule has 76 valence electrons. The first-order valence-electron chi connectivity index (χ1n) is 4.51. The van der Waals surface area contributed by atoms with Crippen molar-refractivity contribution in [2.75, 3.05) is 0 Å². The van der Waals surface area contributed by atoms with Crippen molar-refractivity contribution >= 4 is 16.8 Å². The van der Waals surface area contributed by atoms with Gasteiger partial charge in [0.25, 0.3) is 0 Å². The van der Waals surface area contributed by atoms with Crippen LogP contribution in [0.25, 0.3) is 0 Å². The molecular weight excluding hydrogens is 198 g/mol. The summed E-state index contributed by atoms with van der Waals surface area (Å²) in [6, 6.07) is 0. The predicted octanol–water partition coefficient (Wildman–Crippen LogP) is 2.16. The molecule has 1 aliphatic rings. The Morgan fingerprint density at radius 3 is 3.07 bits per heavy atom. The summed E-state index contributed by atoms with van der Waals surface area (Å²) in [7, 11) is 0. The van der Waals surface area contributed by atoms with Gasteiger partial charge < -0.3 is 4.84 Å². The summed E-state index contributed by atoms with van der Waals surface area (Å²) in [5.41, 5.74) is 1.06. The quantitative estimate of drug-likeness (QED) is 0.815. The third-order valence-electron chi connectivity index (χ3n) is 1.93. The van der Waals surface area contributed by atoms with Crippen LogP contribution in [0.5, 0.6) is 0 Å². The first kappa shape index (κ1) is 9.58. The molecule has 2 heterocycles. The van der Waals surface area contributed by atoms with E-state index < -0.39 is 0 Å². The van der Waals surface area contributed by atoms with Crippen LogP contribution in [0.1, 0.15) is 25.8 Å². The molecule has 1 N–H and O–H groups in total. The Morgan fingerprint density at radius 1 is 1.64 bits per heavy atom.